The fourth-order valence-electron chi connectivity index (χ4n) is 5.72. The van der Waals surface area contributed by atoms with Gasteiger partial charge in [0.25, 0.3) is 0 Å². The van der Waals surface area contributed by atoms with E-state index in [-0.39, 0.29) is 23.0 Å². The first-order valence-corrected chi connectivity index (χ1v) is 16.8. The molecule has 2 nitrogen and oxygen atoms in total. The zero-order valence-corrected chi connectivity index (χ0v) is 27.0. The minimum Gasteiger partial charge on any atom is -0.489 e. The minimum absolute atomic E-state index is 0.157. The monoisotopic (exact) mass is 570 g/mol. The quantitative estimate of drug-likeness (QED) is 0.254. The highest BCUT2D eigenvalue weighted by molar-refractivity contribution is 7.99. The summed E-state index contributed by atoms with van der Waals surface area (Å²) in [7, 11) is 0. The van der Waals surface area contributed by atoms with Crippen LogP contribution >= 0.6 is 11.8 Å². The molecule has 4 rings (SSSR count). The molecule has 0 heterocycles. The van der Waals surface area contributed by atoms with Crippen molar-refractivity contribution in [2.24, 2.45) is 11.8 Å². The largest absolute Gasteiger partial charge is 0.489 e. The highest BCUT2D eigenvalue weighted by atomic mass is 32.2. The maximum absolute atomic E-state index is 6.43. The molecule has 0 bridgehead atoms. The molecule has 0 amide bonds. The van der Waals surface area contributed by atoms with Gasteiger partial charge in [0.05, 0.1) is 23.3 Å². The van der Waals surface area contributed by atoms with Crippen LogP contribution < -0.4 is 9.47 Å². The van der Waals surface area contributed by atoms with E-state index in [1.807, 2.05) is 11.8 Å². The summed E-state index contributed by atoms with van der Waals surface area (Å²) in [6, 6.07) is 17.3. The maximum Gasteiger partial charge on any atom is 0.119 e. The Bertz CT molecular complexity index is 1110. The van der Waals surface area contributed by atoms with Crippen LogP contribution in [0.25, 0.3) is 0 Å². The van der Waals surface area contributed by atoms with Crippen LogP contribution in [-0.4, -0.2) is 23.7 Å². The number of hydrogen-bond donors (Lipinski definition) is 0. The molecule has 2 aromatic carbocycles. The molecule has 0 aromatic heterocycles. The second-order valence-corrected chi connectivity index (χ2v) is 14.8. The summed E-state index contributed by atoms with van der Waals surface area (Å²) in [4.78, 5) is 0. The molecule has 41 heavy (non-hydrogen) atoms. The van der Waals surface area contributed by atoms with Crippen molar-refractivity contribution in [3.63, 3.8) is 0 Å². The zero-order valence-electron chi connectivity index (χ0n) is 26.2. The second kappa shape index (κ2) is 14.6. The van der Waals surface area contributed by atoms with E-state index in [2.05, 4.69) is 114 Å². The smallest absolute Gasteiger partial charge is 0.119 e. The summed E-state index contributed by atoms with van der Waals surface area (Å²) in [6.07, 6.45) is 9.74. The molecule has 2 aromatic rings. The molecule has 0 spiro atoms. The first-order chi connectivity index (χ1) is 19.6. The van der Waals surface area contributed by atoms with E-state index in [9.17, 15) is 0 Å². The SMILES string of the molecule is CC(C)(C)c1ccc(OC2CCCCC2C#CCSCC#CC2CCCCC2Oc2ccc(C(C)(C)C)cc2)cc1. The summed E-state index contributed by atoms with van der Waals surface area (Å²) in [5.74, 6) is 18.2. The lowest BCUT2D eigenvalue weighted by atomic mass is 9.86. The number of benzene rings is 2. The lowest BCUT2D eigenvalue weighted by Gasteiger charge is -2.29. The molecular weight excluding hydrogens is 520 g/mol. The first kappa shape index (κ1) is 31.4. The third-order valence-electron chi connectivity index (χ3n) is 8.34. The Labute approximate surface area is 254 Å². The van der Waals surface area contributed by atoms with Crippen LogP contribution in [0.15, 0.2) is 48.5 Å². The Morgan fingerprint density at radius 2 is 0.951 bits per heavy atom. The molecular formula is C38H50O2S. The molecule has 2 aliphatic rings. The van der Waals surface area contributed by atoms with Gasteiger partial charge in [-0.05, 0) is 84.7 Å². The summed E-state index contributed by atoms with van der Waals surface area (Å²) < 4.78 is 12.9. The number of ether oxygens (including phenoxy) is 2. The predicted octanol–water partition coefficient (Wildman–Crippen LogP) is 9.60. The average molecular weight is 571 g/mol. The van der Waals surface area contributed by atoms with Gasteiger partial charge in [0.1, 0.15) is 23.7 Å². The Morgan fingerprint density at radius 1 is 0.585 bits per heavy atom. The normalized spacial score (nSPS) is 23.0. The van der Waals surface area contributed by atoms with Gasteiger partial charge in [0.2, 0.25) is 0 Å². The fourth-order valence-corrected chi connectivity index (χ4v) is 6.19. The number of rotatable bonds is 6. The summed E-state index contributed by atoms with van der Waals surface area (Å²) in [5, 5.41) is 0. The lowest BCUT2D eigenvalue weighted by Crippen LogP contribution is -2.29. The third kappa shape index (κ3) is 9.79. The van der Waals surface area contributed by atoms with Crippen LogP contribution in [0.2, 0.25) is 0 Å². The van der Waals surface area contributed by atoms with Crippen LogP contribution in [0.5, 0.6) is 11.5 Å². The molecule has 0 aliphatic heterocycles. The molecule has 2 aliphatic carbocycles. The van der Waals surface area contributed by atoms with Crippen LogP contribution in [0.3, 0.4) is 0 Å². The van der Waals surface area contributed by atoms with E-state index in [4.69, 9.17) is 9.47 Å². The van der Waals surface area contributed by atoms with E-state index in [0.29, 0.717) is 11.8 Å². The second-order valence-electron chi connectivity index (χ2n) is 13.8. The number of hydrogen-bond acceptors (Lipinski definition) is 3. The van der Waals surface area contributed by atoms with Crippen molar-refractivity contribution in [3.8, 4) is 35.2 Å². The molecule has 3 heteroatoms. The van der Waals surface area contributed by atoms with Gasteiger partial charge in [0.15, 0.2) is 0 Å². The molecule has 4 atom stereocenters. The Morgan fingerprint density at radius 3 is 1.32 bits per heavy atom. The molecule has 4 unspecified atom stereocenters. The van der Waals surface area contributed by atoms with Gasteiger partial charge < -0.3 is 9.47 Å². The van der Waals surface area contributed by atoms with Crippen molar-refractivity contribution in [2.45, 2.75) is 116 Å². The van der Waals surface area contributed by atoms with Crippen LogP contribution in [0.4, 0.5) is 0 Å². The molecule has 0 radical (unpaired) electrons. The van der Waals surface area contributed by atoms with Gasteiger partial charge in [-0.2, -0.15) is 0 Å². The van der Waals surface area contributed by atoms with Crippen molar-refractivity contribution in [1.82, 2.24) is 0 Å². The van der Waals surface area contributed by atoms with E-state index >= 15 is 0 Å². The van der Waals surface area contributed by atoms with Crippen molar-refractivity contribution in [2.75, 3.05) is 11.5 Å². The standard InChI is InChI=1S/C38H50O2S/c1-37(2,3)31-19-23-33(24-20-31)39-35-17-9-7-13-29(35)15-11-27-41-28-12-16-30-14-8-10-18-36(30)40-34-25-21-32(22-26-34)38(4,5)6/h19-26,29-30,35-36H,7-10,13-14,17-18,27-28H2,1-6H3. The molecule has 0 saturated heterocycles. The zero-order chi connectivity index (χ0) is 29.3. The Kier molecular flexibility index (Phi) is 11.2. The van der Waals surface area contributed by atoms with E-state index in [1.54, 1.807) is 0 Å². The van der Waals surface area contributed by atoms with Crippen LogP contribution in [-0.2, 0) is 10.8 Å². The maximum atomic E-state index is 6.43. The Balaban J connectivity index is 1.23. The molecule has 220 valence electrons. The van der Waals surface area contributed by atoms with E-state index in [0.717, 1.165) is 48.7 Å². The van der Waals surface area contributed by atoms with Crippen molar-refractivity contribution < 1.29 is 9.47 Å². The van der Waals surface area contributed by atoms with Gasteiger partial charge >= 0.3 is 0 Å². The highest BCUT2D eigenvalue weighted by Gasteiger charge is 2.26. The molecule has 2 fully saturated rings. The topological polar surface area (TPSA) is 18.5 Å². The van der Waals surface area contributed by atoms with Gasteiger partial charge in [-0.1, -0.05) is 102 Å². The van der Waals surface area contributed by atoms with Gasteiger partial charge in [-0.3, -0.25) is 0 Å². The number of thioether (sulfide) groups is 1. The van der Waals surface area contributed by atoms with Crippen molar-refractivity contribution in [1.29, 1.82) is 0 Å². The highest BCUT2D eigenvalue weighted by Crippen LogP contribution is 2.31. The first-order valence-electron chi connectivity index (χ1n) is 15.7. The van der Waals surface area contributed by atoms with E-state index < -0.39 is 0 Å². The third-order valence-corrected chi connectivity index (χ3v) is 9.04. The van der Waals surface area contributed by atoms with Crippen molar-refractivity contribution in [3.05, 3.63) is 59.7 Å². The molecule has 0 N–H and O–H groups in total. The van der Waals surface area contributed by atoms with E-state index in [1.165, 1.54) is 36.8 Å². The van der Waals surface area contributed by atoms with Gasteiger partial charge in [0, 0.05) is 0 Å². The summed E-state index contributed by atoms with van der Waals surface area (Å²) in [6.45, 7) is 13.5. The van der Waals surface area contributed by atoms with Gasteiger partial charge in [-0.15, -0.1) is 11.8 Å². The van der Waals surface area contributed by atoms with Crippen molar-refractivity contribution >= 4 is 11.8 Å². The minimum atomic E-state index is 0.157. The molecule has 2 saturated carbocycles. The van der Waals surface area contributed by atoms with Gasteiger partial charge in [-0.25, -0.2) is 0 Å². The summed E-state index contributed by atoms with van der Waals surface area (Å²) in [5.41, 5.74) is 2.99. The Hall–Kier alpha value is -2.49. The van der Waals surface area contributed by atoms with Crippen LogP contribution in [0, 0.1) is 35.5 Å². The average Bonchev–Trinajstić information content (AvgIpc) is 2.94. The predicted molar refractivity (Wildman–Crippen MR) is 176 cm³/mol. The summed E-state index contributed by atoms with van der Waals surface area (Å²) >= 11 is 1.82. The lowest BCUT2D eigenvalue weighted by molar-refractivity contribution is 0.121. The van der Waals surface area contributed by atoms with Crippen LogP contribution in [0.1, 0.15) is 104 Å². The fraction of sp³-hybridized carbons (Fsp3) is 0.579.